The average Bonchev–Trinajstić information content (AvgIpc) is 2.32. The Morgan fingerprint density at radius 2 is 2.17 bits per heavy atom. The minimum Gasteiger partial charge on any atom is -0.310 e. The predicted molar refractivity (Wildman–Crippen MR) is 83.4 cm³/mol. The number of benzene rings is 1. The van der Waals surface area contributed by atoms with Crippen LogP contribution in [0.1, 0.15) is 5.56 Å². The Bertz CT molecular complexity index is 557. The first kappa shape index (κ1) is 13.5. The molecule has 0 spiro atoms. The predicted octanol–water partition coefficient (Wildman–Crippen LogP) is 3.63. The third kappa shape index (κ3) is 4.06. The van der Waals surface area contributed by atoms with Gasteiger partial charge >= 0.3 is 0 Å². The smallest absolute Gasteiger partial charge is 0.229 e. The van der Waals surface area contributed by atoms with Gasteiger partial charge in [-0.25, -0.2) is 4.98 Å². The van der Waals surface area contributed by atoms with Gasteiger partial charge in [-0.05, 0) is 52.4 Å². The highest BCUT2D eigenvalue weighted by Crippen LogP contribution is 2.13. The first-order valence-corrected chi connectivity index (χ1v) is 7.16. The lowest BCUT2D eigenvalue weighted by Gasteiger charge is -2.04. The van der Waals surface area contributed by atoms with E-state index >= 15 is 0 Å². The van der Waals surface area contributed by atoms with Crippen molar-refractivity contribution < 1.29 is 4.79 Å². The van der Waals surface area contributed by atoms with E-state index in [0.29, 0.717) is 12.2 Å². The zero-order valence-electron chi connectivity index (χ0n) is 9.36. The summed E-state index contributed by atoms with van der Waals surface area (Å²) in [6.07, 6.45) is 2.06. The number of aromatic nitrogens is 1. The molecule has 1 amide bonds. The Morgan fingerprint density at radius 3 is 2.83 bits per heavy atom. The monoisotopic (exact) mass is 416 g/mol. The highest BCUT2D eigenvalue weighted by atomic mass is 127. The molecule has 92 valence electrons. The number of pyridine rings is 1. The summed E-state index contributed by atoms with van der Waals surface area (Å²) in [6.45, 7) is 0. The highest BCUT2D eigenvalue weighted by Gasteiger charge is 2.05. The number of rotatable bonds is 3. The Hall–Kier alpha value is -0.950. The molecule has 3 nitrogen and oxygen atoms in total. The van der Waals surface area contributed by atoms with E-state index in [4.69, 9.17) is 0 Å². The molecule has 0 atom stereocenters. The van der Waals surface area contributed by atoms with E-state index in [9.17, 15) is 4.79 Å². The Kier molecular flexibility index (Phi) is 4.71. The van der Waals surface area contributed by atoms with Crippen molar-refractivity contribution in [1.29, 1.82) is 0 Å². The normalized spacial score (nSPS) is 10.1. The molecule has 1 aromatic carbocycles. The summed E-state index contributed by atoms with van der Waals surface area (Å²) in [4.78, 5) is 15.9. The zero-order chi connectivity index (χ0) is 13.0. The molecule has 0 saturated heterocycles. The number of nitrogens with zero attached hydrogens (tertiary/aromatic N) is 1. The van der Waals surface area contributed by atoms with Crippen LogP contribution in [0.2, 0.25) is 0 Å². The largest absolute Gasteiger partial charge is 0.310 e. The molecule has 0 bridgehead atoms. The molecule has 1 heterocycles. The summed E-state index contributed by atoms with van der Waals surface area (Å²) in [5, 5.41) is 2.77. The fraction of sp³-hybridized carbons (Fsp3) is 0.0769. The second-order valence-electron chi connectivity index (χ2n) is 3.72. The van der Waals surface area contributed by atoms with Gasteiger partial charge in [-0.2, -0.15) is 0 Å². The lowest BCUT2D eigenvalue weighted by molar-refractivity contribution is -0.115. The van der Waals surface area contributed by atoms with Gasteiger partial charge in [-0.1, -0.05) is 28.1 Å². The first-order chi connectivity index (χ1) is 8.63. The van der Waals surface area contributed by atoms with Crippen LogP contribution in [0.3, 0.4) is 0 Å². The third-order valence-electron chi connectivity index (χ3n) is 2.25. The summed E-state index contributed by atoms with van der Waals surface area (Å²) in [5.74, 6) is 0.511. The Morgan fingerprint density at radius 1 is 1.33 bits per heavy atom. The van der Waals surface area contributed by atoms with Gasteiger partial charge in [0.25, 0.3) is 0 Å². The van der Waals surface area contributed by atoms with E-state index in [0.717, 1.165) is 13.6 Å². The number of anilines is 1. The highest BCUT2D eigenvalue weighted by molar-refractivity contribution is 14.1. The summed E-state index contributed by atoms with van der Waals surface area (Å²) < 4.78 is 2.01. The van der Waals surface area contributed by atoms with Crippen molar-refractivity contribution in [3.05, 3.63) is 56.2 Å². The van der Waals surface area contributed by atoms with Gasteiger partial charge in [0, 0.05) is 14.2 Å². The van der Waals surface area contributed by atoms with Crippen LogP contribution in [-0.4, -0.2) is 10.9 Å². The third-order valence-corrected chi connectivity index (χ3v) is 3.38. The van der Waals surface area contributed by atoms with Gasteiger partial charge in [-0.3, -0.25) is 4.79 Å². The Balaban J connectivity index is 1.98. The molecular weight excluding hydrogens is 407 g/mol. The SMILES string of the molecule is O=C(Cc1cccc(Br)c1)Nc1ccc(I)cn1. The fourth-order valence-electron chi connectivity index (χ4n) is 1.47. The fourth-order valence-corrected chi connectivity index (χ4v) is 2.23. The minimum absolute atomic E-state index is 0.0678. The number of amides is 1. The van der Waals surface area contributed by atoms with Crippen molar-refractivity contribution in [1.82, 2.24) is 4.98 Å². The van der Waals surface area contributed by atoms with Crippen LogP contribution in [0.25, 0.3) is 0 Å². The van der Waals surface area contributed by atoms with Crippen LogP contribution in [0.5, 0.6) is 0 Å². The van der Waals surface area contributed by atoms with Gasteiger partial charge in [0.15, 0.2) is 0 Å². The van der Waals surface area contributed by atoms with Crippen LogP contribution >= 0.6 is 38.5 Å². The lowest BCUT2D eigenvalue weighted by Crippen LogP contribution is -2.15. The van der Waals surface area contributed by atoms with E-state index < -0.39 is 0 Å². The number of halogens is 2. The number of nitrogens with one attached hydrogen (secondary N) is 1. The van der Waals surface area contributed by atoms with Crippen LogP contribution in [-0.2, 0) is 11.2 Å². The summed E-state index contributed by atoms with van der Waals surface area (Å²) >= 11 is 5.55. The summed E-state index contributed by atoms with van der Waals surface area (Å²) in [5.41, 5.74) is 0.965. The van der Waals surface area contributed by atoms with E-state index in [1.54, 1.807) is 12.3 Å². The molecule has 5 heteroatoms. The maximum Gasteiger partial charge on any atom is 0.229 e. The summed E-state index contributed by atoms with van der Waals surface area (Å²) in [7, 11) is 0. The molecule has 0 fully saturated rings. The first-order valence-electron chi connectivity index (χ1n) is 5.29. The van der Waals surface area contributed by atoms with E-state index in [2.05, 4.69) is 48.8 Å². The summed E-state index contributed by atoms with van der Waals surface area (Å²) in [6, 6.07) is 11.4. The van der Waals surface area contributed by atoms with Gasteiger partial charge in [0.05, 0.1) is 6.42 Å². The molecule has 0 unspecified atom stereocenters. The lowest BCUT2D eigenvalue weighted by atomic mass is 10.1. The molecule has 0 aliphatic heterocycles. The van der Waals surface area contributed by atoms with Crippen molar-refractivity contribution in [2.75, 3.05) is 5.32 Å². The van der Waals surface area contributed by atoms with E-state index in [1.807, 2.05) is 30.3 Å². The maximum atomic E-state index is 11.8. The van der Waals surface area contributed by atoms with Crippen LogP contribution < -0.4 is 5.32 Å². The topological polar surface area (TPSA) is 42.0 Å². The number of carbonyl (C=O) groups excluding carboxylic acids is 1. The average molecular weight is 417 g/mol. The molecule has 2 aromatic rings. The molecule has 0 saturated carbocycles. The molecule has 0 radical (unpaired) electrons. The minimum atomic E-state index is -0.0678. The van der Waals surface area contributed by atoms with Gasteiger partial charge in [0.2, 0.25) is 5.91 Å². The van der Waals surface area contributed by atoms with Crippen LogP contribution in [0, 0.1) is 3.57 Å². The van der Waals surface area contributed by atoms with Crippen molar-refractivity contribution in [3.63, 3.8) is 0 Å². The van der Waals surface area contributed by atoms with Gasteiger partial charge in [-0.15, -0.1) is 0 Å². The quantitative estimate of drug-likeness (QED) is 0.776. The molecule has 0 aliphatic carbocycles. The molecule has 18 heavy (non-hydrogen) atoms. The van der Waals surface area contributed by atoms with E-state index in [-0.39, 0.29) is 5.91 Å². The zero-order valence-corrected chi connectivity index (χ0v) is 13.1. The molecule has 0 aliphatic rings. The standard InChI is InChI=1S/C13H10BrIN2O/c14-10-3-1-2-9(6-10)7-13(18)17-12-5-4-11(15)8-16-12/h1-6,8H,7H2,(H,16,17,18). The van der Waals surface area contributed by atoms with Crippen LogP contribution in [0.4, 0.5) is 5.82 Å². The molecule has 1 N–H and O–H groups in total. The second kappa shape index (κ2) is 6.29. The van der Waals surface area contributed by atoms with Gasteiger partial charge in [0.1, 0.15) is 5.82 Å². The second-order valence-corrected chi connectivity index (χ2v) is 5.88. The van der Waals surface area contributed by atoms with Crippen molar-refractivity contribution in [3.8, 4) is 0 Å². The molecule has 1 aromatic heterocycles. The van der Waals surface area contributed by atoms with E-state index in [1.165, 1.54) is 0 Å². The van der Waals surface area contributed by atoms with Crippen molar-refractivity contribution in [2.24, 2.45) is 0 Å². The molecule has 2 rings (SSSR count). The number of hydrogen-bond acceptors (Lipinski definition) is 2. The number of carbonyl (C=O) groups is 1. The van der Waals surface area contributed by atoms with Crippen LogP contribution in [0.15, 0.2) is 47.1 Å². The van der Waals surface area contributed by atoms with Crippen molar-refractivity contribution in [2.45, 2.75) is 6.42 Å². The number of hydrogen-bond donors (Lipinski definition) is 1. The van der Waals surface area contributed by atoms with Crippen molar-refractivity contribution >= 4 is 50.2 Å². The molecular formula is C13H10BrIN2O. The maximum absolute atomic E-state index is 11.8. The van der Waals surface area contributed by atoms with Gasteiger partial charge < -0.3 is 5.32 Å². The Labute approximate surface area is 127 Å².